The van der Waals surface area contributed by atoms with Crippen molar-refractivity contribution in [3.8, 4) is 5.88 Å². The number of fused-ring (bicyclic) bond motifs is 1. The Bertz CT molecular complexity index is 550. The van der Waals surface area contributed by atoms with Crippen molar-refractivity contribution in [1.82, 2.24) is 15.3 Å². The lowest BCUT2D eigenvalue weighted by atomic mass is 9.91. The first-order chi connectivity index (χ1) is 8.86. The Balaban J connectivity index is 1.95. The number of aromatic nitrogens is 2. The fraction of sp³-hybridized carbons (Fsp3) is 0.429. The van der Waals surface area contributed by atoms with Gasteiger partial charge in [0.1, 0.15) is 0 Å². The van der Waals surface area contributed by atoms with Crippen LogP contribution >= 0.6 is 0 Å². The van der Waals surface area contributed by atoms with E-state index in [2.05, 4.69) is 27.4 Å². The highest BCUT2D eigenvalue weighted by Crippen LogP contribution is 2.25. The van der Waals surface area contributed by atoms with Crippen molar-refractivity contribution in [3.63, 3.8) is 0 Å². The summed E-state index contributed by atoms with van der Waals surface area (Å²) in [6.07, 6.45) is 4.17. The number of ether oxygens (including phenoxy) is 1. The zero-order valence-corrected chi connectivity index (χ0v) is 10.5. The number of nitrogens with one attached hydrogen (secondary N) is 1. The number of hydrogen-bond acceptors (Lipinski definition) is 4. The summed E-state index contributed by atoms with van der Waals surface area (Å²) < 4.78 is 5.09. The van der Waals surface area contributed by atoms with Gasteiger partial charge in [0.15, 0.2) is 0 Å². The van der Waals surface area contributed by atoms with Crippen LogP contribution in [0, 0.1) is 0 Å². The molecule has 3 rings (SSSR count). The summed E-state index contributed by atoms with van der Waals surface area (Å²) in [5.41, 5.74) is 3.19. The lowest BCUT2D eigenvalue weighted by Gasteiger charge is -2.23. The Kier molecular flexibility index (Phi) is 3.11. The molecule has 2 heterocycles. The minimum Gasteiger partial charge on any atom is -0.480 e. The van der Waals surface area contributed by atoms with Crippen LogP contribution in [0.4, 0.5) is 0 Å². The maximum Gasteiger partial charge on any atom is 0.232 e. The highest BCUT2D eigenvalue weighted by molar-refractivity contribution is 5.75. The summed E-state index contributed by atoms with van der Waals surface area (Å²) in [4.78, 5) is 8.78. The molecule has 1 aromatic heterocycles. The normalized spacial score (nSPS) is 19.9. The molecule has 1 aliphatic rings. The smallest absolute Gasteiger partial charge is 0.232 e. The van der Waals surface area contributed by atoms with Crippen LogP contribution in [0.2, 0.25) is 0 Å². The molecular formula is C14H17N3O. The van der Waals surface area contributed by atoms with Crippen LogP contribution in [0.5, 0.6) is 5.88 Å². The quantitative estimate of drug-likeness (QED) is 0.877. The Morgan fingerprint density at radius 1 is 1.33 bits per heavy atom. The first-order valence-corrected chi connectivity index (χ1v) is 6.38. The average Bonchev–Trinajstić information content (AvgIpc) is 2.47. The van der Waals surface area contributed by atoms with E-state index in [0.29, 0.717) is 11.8 Å². The van der Waals surface area contributed by atoms with Gasteiger partial charge in [-0.1, -0.05) is 6.07 Å². The van der Waals surface area contributed by atoms with Crippen molar-refractivity contribution in [2.24, 2.45) is 0 Å². The molecule has 0 aliphatic carbocycles. The van der Waals surface area contributed by atoms with E-state index in [9.17, 15) is 0 Å². The molecule has 1 aliphatic heterocycles. The maximum absolute atomic E-state index is 5.09. The van der Waals surface area contributed by atoms with E-state index < -0.39 is 0 Å². The standard InChI is InChI=1S/C14H17N3O/c1-18-14-9-16-13-7-10(4-5-12(13)17-14)11-3-2-6-15-8-11/h4-5,7,9,11,15H,2-3,6,8H2,1H3. The molecular weight excluding hydrogens is 226 g/mol. The first kappa shape index (κ1) is 11.4. The molecule has 0 radical (unpaired) electrons. The van der Waals surface area contributed by atoms with Crippen LogP contribution in [0.25, 0.3) is 11.0 Å². The molecule has 1 N–H and O–H groups in total. The van der Waals surface area contributed by atoms with Gasteiger partial charge in [0.05, 0.1) is 24.3 Å². The number of piperidine rings is 1. The van der Waals surface area contributed by atoms with E-state index in [0.717, 1.165) is 24.1 Å². The molecule has 18 heavy (non-hydrogen) atoms. The molecule has 94 valence electrons. The summed E-state index contributed by atoms with van der Waals surface area (Å²) in [6.45, 7) is 2.20. The SMILES string of the molecule is COc1cnc2cc(C3CCCNC3)ccc2n1. The van der Waals surface area contributed by atoms with E-state index >= 15 is 0 Å². The number of hydrogen-bond donors (Lipinski definition) is 1. The van der Waals surface area contributed by atoms with Crippen LogP contribution in [0.3, 0.4) is 0 Å². The third-order valence-electron chi connectivity index (χ3n) is 3.52. The summed E-state index contributed by atoms with van der Waals surface area (Å²) >= 11 is 0. The minimum absolute atomic E-state index is 0.564. The first-order valence-electron chi connectivity index (χ1n) is 6.38. The predicted octanol–water partition coefficient (Wildman–Crippen LogP) is 2.11. The Morgan fingerprint density at radius 3 is 3.06 bits per heavy atom. The van der Waals surface area contributed by atoms with E-state index in [-0.39, 0.29) is 0 Å². The topological polar surface area (TPSA) is 47.0 Å². The van der Waals surface area contributed by atoms with Crippen LogP contribution in [0.1, 0.15) is 24.3 Å². The molecule has 1 fully saturated rings. The van der Waals surface area contributed by atoms with Crippen LogP contribution in [-0.4, -0.2) is 30.2 Å². The van der Waals surface area contributed by atoms with Crippen molar-refractivity contribution < 1.29 is 4.74 Å². The summed E-state index contributed by atoms with van der Waals surface area (Å²) in [5, 5.41) is 3.44. The molecule has 1 atom stereocenters. The predicted molar refractivity (Wildman–Crippen MR) is 70.9 cm³/mol. The fourth-order valence-corrected chi connectivity index (χ4v) is 2.50. The Labute approximate surface area is 106 Å². The van der Waals surface area contributed by atoms with Gasteiger partial charge in [0.25, 0.3) is 0 Å². The van der Waals surface area contributed by atoms with Crippen molar-refractivity contribution in [2.45, 2.75) is 18.8 Å². The third kappa shape index (κ3) is 2.16. The monoisotopic (exact) mass is 243 g/mol. The number of methoxy groups -OCH3 is 1. The number of nitrogens with zero attached hydrogens (tertiary/aromatic N) is 2. The van der Waals surface area contributed by atoms with E-state index in [1.165, 1.54) is 18.4 Å². The van der Waals surface area contributed by atoms with Gasteiger partial charge < -0.3 is 10.1 Å². The van der Waals surface area contributed by atoms with Crippen LogP contribution in [-0.2, 0) is 0 Å². The Morgan fingerprint density at radius 2 is 2.28 bits per heavy atom. The van der Waals surface area contributed by atoms with Gasteiger partial charge >= 0.3 is 0 Å². The molecule has 2 aromatic rings. The molecule has 0 saturated carbocycles. The molecule has 1 saturated heterocycles. The van der Waals surface area contributed by atoms with Gasteiger partial charge in [-0.3, -0.25) is 0 Å². The number of rotatable bonds is 2. The molecule has 1 unspecified atom stereocenters. The highest BCUT2D eigenvalue weighted by atomic mass is 16.5. The molecule has 4 nitrogen and oxygen atoms in total. The van der Waals surface area contributed by atoms with Crippen molar-refractivity contribution in [1.29, 1.82) is 0 Å². The average molecular weight is 243 g/mol. The summed E-state index contributed by atoms with van der Waals surface area (Å²) in [6, 6.07) is 6.35. The molecule has 0 amide bonds. The number of benzene rings is 1. The van der Waals surface area contributed by atoms with Gasteiger partial charge in [-0.25, -0.2) is 9.97 Å². The fourth-order valence-electron chi connectivity index (χ4n) is 2.50. The molecule has 1 aromatic carbocycles. The third-order valence-corrected chi connectivity index (χ3v) is 3.52. The second-order valence-corrected chi connectivity index (χ2v) is 4.70. The van der Waals surface area contributed by atoms with E-state index in [4.69, 9.17) is 4.74 Å². The van der Waals surface area contributed by atoms with Gasteiger partial charge in [0, 0.05) is 6.54 Å². The zero-order valence-electron chi connectivity index (χ0n) is 10.5. The summed E-state index contributed by atoms with van der Waals surface area (Å²) in [5.74, 6) is 1.17. The van der Waals surface area contributed by atoms with Gasteiger partial charge in [0.2, 0.25) is 5.88 Å². The zero-order chi connectivity index (χ0) is 12.4. The summed E-state index contributed by atoms with van der Waals surface area (Å²) in [7, 11) is 1.61. The highest BCUT2D eigenvalue weighted by Gasteiger charge is 2.15. The van der Waals surface area contributed by atoms with Crippen molar-refractivity contribution in [2.75, 3.05) is 20.2 Å². The van der Waals surface area contributed by atoms with Gasteiger partial charge in [-0.05, 0) is 43.0 Å². The minimum atomic E-state index is 0.564. The molecule has 4 heteroatoms. The Hall–Kier alpha value is -1.68. The lowest BCUT2D eigenvalue weighted by molar-refractivity contribution is 0.397. The van der Waals surface area contributed by atoms with Crippen molar-refractivity contribution >= 4 is 11.0 Å². The van der Waals surface area contributed by atoms with E-state index in [1.807, 2.05) is 6.07 Å². The van der Waals surface area contributed by atoms with Crippen LogP contribution in [0.15, 0.2) is 24.4 Å². The maximum atomic E-state index is 5.09. The van der Waals surface area contributed by atoms with Crippen molar-refractivity contribution in [3.05, 3.63) is 30.0 Å². The van der Waals surface area contributed by atoms with E-state index in [1.54, 1.807) is 13.3 Å². The molecule has 0 bridgehead atoms. The van der Waals surface area contributed by atoms with Gasteiger partial charge in [-0.2, -0.15) is 0 Å². The van der Waals surface area contributed by atoms with Gasteiger partial charge in [-0.15, -0.1) is 0 Å². The lowest BCUT2D eigenvalue weighted by Crippen LogP contribution is -2.28. The molecule has 0 spiro atoms. The second-order valence-electron chi connectivity index (χ2n) is 4.70. The van der Waals surface area contributed by atoms with Crippen LogP contribution < -0.4 is 10.1 Å². The largest absolute Gasteiger partial charge is 0.480 e. The second kappa shape index (κ2) is 4.90.